The topological polar surface area (TPSA) is 39.1 Å². The molecule has 0 aliphatic carbocycles. The average Bonchev–Trinajstić information content (AvgIpc) is 3.04. The third-order valence-corrected chi connectivity index (χ3v) is 3.72. The quantitative estimate of drug-likeness (QED) is 0.718. The van der Waals surface area contributed by atoms with Crippen molar-refractivity contribution in [3.63, 3.8) is 0 Å². The number of nitrogens with one attached hydrogen (secondary N) is 1. The maximum atomic E-state index is 5.20. The van der Waals surface area contributed by atoms with Crippen LogP contribution in [-0.4, -0.2) is 23.2 Å². The molecule has 1 aromatic heterocycles. The smallest absolute Gasteiger partial charge is 0.118 e. The minimum absolute atomic E-state index is 0.421. The highest BCUT2D eigenvalue weighted by atomic mass is 16.5. The number of aryl methyl sites for hydroxylation is 1. The number of hydrogen-bond acceptors (Lipinski definition) is 3. The Morgan fingerprint density at radius 2 is 2.05 bits per heavy atom. The number of methoxy groups -OCH3 is 1. The molecule has 0 saturated carbocycles. The second-order valence-electron chi connectivity index (χ2n) is 5.20. The SMILES string of the molecule is CCC(NCCCCn1ccnc1)c1ccc(OC)cc1. The van der Waals surface area contributed by atoms with Gasteiger partial charge in [0, 0.05) is 25.0 Å². The van der Waals surface area contributed by atoms with Crippen molar-refractivity contribution in [1.29, 1.82) is 0 Å². The summed E-state index contributed by atoms with van der Waals surface area (Å²) in [6, 6.07) is 8.76. The van der Waals surface area contributed by atoms with E-state index in [2.05, 4.69) is 33.9 Å². The molecule has 4 nitrogen and oxygen atoms in total. The summed E-state index contributed by atoms with van der Waals surface area (Å²) in [4.78, 5) is 4.05. The van der Waals surface area contributed by atoms with Crippen LogP contribution >= 0.6 is 0 Å². The molecule has 1 atom stereocenters. The van der Waals surface area contributed by atoms with Gasteiger partial charge in [0.15, 0.2) is 0 Å². The van der Waals surface area contributed by atoms with E-state index < -0.39 is 0 Å². The van der Waals surface area contributed by atoms with Gasteiger partial charge in [0.1, 0.15) is 5.75 Å². The van der Waals surface area contributed by atoms with E-state index in [1.54, 1.807) is 7.11 Å². The summed E-state index contributed by atoms with van der Waals surface area (Å²) in [5, 5.41) is 3.64. The number of nitrogens with zero attached hydrogens (tertiary/aromatic N) is 2. The predicted molar refractivity (Wildman–Crippen MR) is 85.5 cm³/mol. The van der Waals surface area contributed by atoms with E-state index in [0.29, 0.717) is 6.04 Å². The molecule has 0 saturated heterocycles. The first-order chi connectivity index (χ1) is 10.3. The Morgan fingerprint density at radius 1 is 1.24 bits per heavy atom. The van der Waals surface area contributed by atoms with E-state index in [-0.39, 0.29) is 0 Å². The van der Waals surface area contributed by atoms with Gasteiger partial charge in [0.05, 0.1) is 13.4 Å². The summed E-state index contributed by atoms with van der Waals surface area (Å²) in [5.74, 6) is 0.911. The van der Waals surface area contributed by atoms with Crippen LogP contribution in [0.4, 0.5) is 0 Å². The molecule has 0 aliphatic heterocycles. The third-order valence-electron chi connectivity index (χ3n) is 3.72. The number of aromatic nitrogens is 2. The number of rotatable bonds is 9. The molecule has 0 radical (unpaired) electrons. The number of benzene rings is 1. The lowest BCUT2D eigenvalue weighted by Crippen LogP contribution is -2.22. The highest BCUT2D eigenvalue weighted by Crippen LogP contribution is 2.20. The molecule has 0 aliphatic rings. The van der Waals surface area contributed by atoms with Crippen molar-refractivity contribution in [1.82, 2.24) is 14.9 Å². The van der Waals surface area contributed by atoms with Crippen LogP contribution in [0.1, 0.15) is 37.8 Å². The summed E-state index contributed by atoms with van der Waals surface area (Å²) < 4.78 is 7.33. The summed E-state index contributed by atoms with van der Waals surface area (Å²) in [7, 11) is 1.70. The van der Waals surface area contributed by atoms with Gasteiger partial charge in [-0.1, -0.05) is 19.1 Å². The Hall–Kier alpha value is -1.81. The summed E-state index contributed by atoms with van der Waals surface area (Å²) in [6.07, 6.45) is 9.15. The van der Waals surface area contributed by atoms with Gasteiger partial charge >= 0.3 is 0 Å². The van der Waals surface area contributed by atoms with Gasteiger partial charge in [-0.2, -0.15) is 0 Å². The Morgan fingerprint density at radius 3 is 2.67 bits per heavy atom. The molecule has 4 heteroatoms. The van der Waals surface area contributed by atoms with Crippen LogP contribution in [0.5, 0.6) is 5.75 Å². The van der Waals surface area contributed by atoms with Crippen LogP contribution in [0.3, 0.4) is 0 Å². The highest BCUT2D eigenvalue weighted by molar-refractivity contribution is 5.29. The van der Waals surface area contributed by atoms with Gasteiger partial charge < -0.3 is 14.6 Å². The molecule has 1 aromatic carbocycles. The van der Waals surface area contributed by atoms with E-state index in [1.165, 1.54) is 18.4 Å². The number of imidazole rings is 1. The molecule has 0 amide bonds. The fourth-order valence-corrected chi connectivity index (χ4v) is 2.45. The molecular weight excluding hydrogens is 262 g/mol. The monoisotopic (exact) mass is 287 g/mol. The highest BCUT2D eigenvalue weighted by Gasteiger charge is 2.08. The molecule has 0 spiro atoms. The molecule has 21 heavy (non-hydrogen) atoms. The lowest BCUT2D eigenvalue weighted by Gasteiger charge is -2.17. The Bertz CT molecular complexity index is 493. The zero-order valence-electron chi connectivity index (χ0n) is 13.0. The van der Waals surface area contributed by atoms with Gasteiger partial charge in [-0.05, 0) is 43.5 Å². The molecule has 114 valence electrons. The van der Waals surface area contributed by atoms with Crippen molar-refractivity contribution in [2.75, 3.05) is 13.7 Å². The van der Waals surface area contributed by atoms with Crippen molar-refractivity contribution >= 4 is 0 Å². The van der Waals surface area contributed by atoms with Gasteiger partial charge in [-0.3, -0.25) is 0 Å². The van der Waals surface area contributed by atoms with Crippen molar-refractivity contribution < 1.29 is 4.74 Å². The minimum Gasteiger partial charge on any atom is -0.497 e. The van der Waals surface area contributed by atoms with E-state index in [1.807, 2.05) is 30.9 Å². The average molecular weight is 287 g/mol. The molecular formula is C17H25N3O. The normalized spacial score (nSPS) is 12.3. The molecule has 2 aromatic rings. The van der Waals surface area contributed by atoms with Gasteiger partial charge in [-0.15, -0.1) is 0 Å². The van der Waals surface area contributed by atoms with Crippen molar-refractivity contribution in [3.05, 3.63) is 48.5 Å². The number of ether oxygens (including phenoxy) is 1. The second-order valence-corrected chi connectivity index (χ2v) is 5.20. The van der Waals surface area contributed by atoms with Gasteiger partial charge in [-0.25, -0.2) is 4.98 Å². The summed E-state index contributed by atoms with van der Waals surface area (Å²) in [5.41, 5.74) is 1.33. The number of unbranched alkanes of at least 4 members (excludes halogenated alkanes) is 1. The van der Waals surface area contributed by atoms with Crippen molar-refractivity contribution in [2.24, 2.45) is 0 Å². The molecule has 1 heterocycles. The lowest BCUT2D eigenvalue weighted by atomic mass is 10.0. The van der Waals surface area contributed by atoms with Gasteiger partial charge in [0.2, 0.25) is 0 Å². The molecule has 1 unspecified atom stereocenters. The van der Waals surface area contributed by atoms with Crippen LogP contribution in [0, 0.1) is 0 Å². The minimum atomic E-state index is 0.421. The second kappa shape index (κ2) is 8.47. The van der Waals surface area contributed by atoms with Crippen LogP contribution in [0.25, 0.3) is 0 Å². The predicted octanol–water partition coefficient (Wildman–Crippen LogP) is 3.41. The Kier molecular flexibility index (Phi) is 6.28. The molecule has 2 rings (SSSR count). The van der Waals surface area contributed by atoms with Crippen LogP contribution < -0.4 is 10.1 Å². The van der Waals surface area contributed by atoms with Crippen LogP contribution in [0.2, 0.25) is 0 Å². The van der Waals surface area contributed by atoms with E-state index in [9.17, 15) is 0 Å². The largest absolute Gasteiger partial charge is 0.497 e. The van der Waals surface area contributed by atoms with Crippen LogP contribution in [-0.2, 0) is 6.54 Å². The first kappa shape index (κ1) is 15.6. The van der Waals surface area contributed by atoms with Crippen LogP contribution in [0.15, 0.2) is 43.0 Å². The standard InChI is InChI=1S/C17H25N3O/c1-3-17(15-6-8-16(21-2)9-7-15)19-10-4-5-12-20-13-11-18-14-20/h6-9,11,13-14,17,19H,3-5,10,12H2,1-2H3. The Labute approximate surface area is 127 Å². The summed E-state index contributed by atoms with van der Waals surface area (Å²) >= 11 is 0. The van der Waals surface area contributed by atoms with Crippen molar-refractivity contribution in [3.8, 4) is 5.75 Å². The molecule has 0 bridgehead atoms. The fraction of sp³-hybridized carbons (Fsp3) is 0.471. The van der Waals surface area contributed by atoms with E-state index in [0.717, 1.165) is 25.3 Å². The zero-order valence-corrected chi connectivity index (χ0v) is 13.0. The maximum absolute atomic E-state index is 5.20. The first-order valence-corrected chi connectivity index (χ1v) is 7.66. The van der Waals surface area contributed by atoms with E-state index in [4.69, 9.17) is 4.74 Å². The molecule has 1 N–H and O–H groups in total. The summed E-state index contributed by atoms with van der Waals surface area (Å²) in [6.45, 7) is 4.30. The zero-order chi connectivity index (χ0) is 14.9. The number of hydrogen-bond donors (Lipinski definition) is 1. The lowest BCUT2D eigenvalue weighted by molar-refractivity contribution is 0.414. The van der Waals surface area contributed by atoms with Gasteiger partial charge in [0.25, 0.3) is 0 Å². The maximum Gasteiger partial charge on any atom is 0.118 e. The Balaban J connectivity index is 1.71. The third kappa shape index (κ3) is 4.90. The molecule has 0 fully saturated rings. The first-order valence-electron chi connectivity index (χ1n) is 7.66. The van der Waals surface area contributed by atoms with E-state index >= 15 is 0 Å². The fourth-order valence-electron chi connectivity index (χ4n) is 2.45. The van der Waals surface area contributed by atoms with Crippen molar-refractivity contribution in [2.45, 2.75) is 38.8 Å².